The van der Waals surface area contributed by atoms with Crippen molar-refractivity contribution in [2.24, 2.45) is 7.05 Å². The van der Waals surface area contributed by atoms with Gasteiger partial charge in [0.05, 0.1) is 11.6 Å². The summed E-state index contributed by atoms with van der Waals surface area (Å²) in [6.45, 7) is 6.76. The van der Waals surface area contributed by atoms with Gasteiger partial charge >= 0.3 is 0 Å². The van der Waals surface area contributed by atoms with Crippen LogP contribution in [0.5, 0.6) is 0 Å². The summed E-state index contributed by atoms with van der Waals surface area (Å²) in [7, 11) is 1.77. The van der Waals surface area contributed by atoms with Crippen LogP contribution in [0.25, 0.3) is 22.0 Å². The molecule has 1 aromatic carbocycles. The van der Waals surface area contributed by atoms with Crippen molar-refractivity contribution >= 4 is 28.4 Å². The van der Waals surface area contributed by atoms with E-state index in [0.29, 0.717) is 16.9 Å². The summed E-state index contributed by atoms with van der Waals surface area (Å²) in [5.41, 5.74) is 10.8. The van der Waals surface area contributed by atoms with E-state index in [9.17, 15) is 10.1 Å². The molecule has 0 radical (unpaired) electrons. The minimum Gasteiger partial charge on any atom is -0.382 e. The highest BCUT2D eigenvalue weighted by atomic mass is 16.1. The summed E-state index contributed by atoms with van der Waals surface area (Å²) in [6.07, 6.45) is 5.12. The molecular weight excluding hydrogens is 464 g/mol. The highest BCUT2D eigenvalue weighted by Gasteiger charge is 2.32. The van der Waals surface area contributed by atoms with E-state index in [4.69, 9.17) is 10.7 Å². The van der Waals surface area contributed by atoms with E-state index in [1.807, 2.05) is 31.3 Å². The maximum atomic E-state index is 12.3. The van der Waals surface area contributed by atoms with Crippen LogP contribution in [0.15, 0.2) is 47.7 Å². The Bertz CT molecular complexity index is 1570. The minimum atomic E-state index is -0.0250. The molecule has 5 rings (SSSR count). The molecule has 1 aliphatic rings. The summed E-state index contributed by atoms with van der Waals surface area (Å²) < 4.78 is 1.61. The van der Waals surface area contributed by atoms with Crippen LogP contribution < -0.4 is 21.5 Å². The Hall–Kier alpha value is -4.45. The Morgan fingerprint density at radius 2 is 2.05 bits per heavy atom. The van der Waals surface area contributed by atoms with E-state index in [-0.39, 0.29) is 23.5 Å². The van der Waals surface area contributed by atoms with Crippen LogP contribution in [0.1, 0.15) is 49.4 Å². The molecule has 0 bridgehead atoms. The van der Waals surface area contributed by atoms with Crippen LogP contribution in [-0.2, 0) is 7.05 Å². The first kappa shape index (κ1) is 24.3. The van der Waals surface area contributed by atoms with E-state index in [0.717, 1.165) is 52.8 Å². The molecule has 9 nitrogen and oxygen atoms in total. The van der Waals surface area contributed by atoms with Crippen molar-refractivity contribution in [3.63, 3.8) is 0 Å². The number of nitrogens with two attached hydrogens (primary N) is 1. The Labute approximate surface area is 215 Å². The zero-order valence-electron chi connectivity index (χ0n) is 21.5. The molecule has 1 atom stereocenters. The second-order valence-corrected chi connectivity index (χ2v) is 9.85. The van der Waals surface area contributed by atoms with Gasteiger partial charge in [-0.15, -0.1) is 0 Å². The molecule has 1 aliphatic heterocycles. The van der Waals surface area contributed by atoms with E-state index in [1.54, 1.807) is 11.6 Å². The number of hydrogen-bond acceptors (Lipinski definition) is 8. The van der Waals surface area contributed by atoms with E-state index in [2.05, 4.69) is 52.2 Å². The standard InChI is InChI=1S/C28H30N8O/c1-16(2)33-26-21(23-9-6-10-36(23)27-22(13-29)25(30)31-15-32-27)12-18-7-5-8-20(24(18)34-26)19-11-17(3)28(37)35(4)14-19/h5,7-8,11-12,14-16,23H,6,9-10H2,1-4H3,(H,33,34)(H2,30,31,32). The van der Waals surface area contributed by atoms with Crippen molar-refractivity contribution in [1.29, 1.82) is 5.26 Å². The van der Waals surface area contributed by atoms with Gasteiger partial charge in [-0.25, -0.2) is 15.0 Å². The molecule has 3 aromatic heterocycles. The molecule has 1 saturated heterocycles. The van der Waals surface area contributed by atoms with E-state index < -0.39 is 0 Å². The number of para-hydroxylation sites is 1. The molecule has 0 saturated carbocycles. The Morgan fingerprint density at radius 1 is 1.24 bits per heavy atom. The van der Waals surface area contributed by atoms with Crippen molar-refractivity contribution in [1.82, 2.24) is 19.5 Å². The lowest BCUT2D eigenvalue weighted by atomic mass is 9.98. The van der Waals surface area contributed by atoms with Crippen molar-refractivity contribution in [2.45, 2.75) is 45.7 Å². The Kier molecular flexibility index (Phi) is 6.25. The zero-order valence-corrected chi connectivity index (χ0v) is 21.5. The Balaban J connectivity index is 1.69. The number of anilines is 3. The molecule has 4 aromatic rings. The van der Waals surface area contributed by atoms with Crippen LogP contribution in [0.2, 0.25) is 0 Å². The van der Waals surface area contributed by atoms with Crippen molar-refractivity contribution in [3.8, 4) is 17.2 Å². The first-order valence-corrected chi connectivity index (χ1v) is 12.4. The number of aromatic nitrogens is 4. The van der Waals surface area contributed by atoms with Crippen LogP contribution in [0.3, 0.4) is 0 Å². The number of nitrogens with zero attached hydrogens (tertiary/aromatic N) is 6. The van der Waals surface area contributed by atoms with E-state index in [1.165, 1.54) is 6.33 Å². The Morgan fingerprint density at radius 3 is 2.78 bits per heavy atom. The smallest absolute Gasteiger partial charge is 0.253 e. The van der Waals surface area contributed by atoms with Crippen molar-refractivity contribution in [2.75, 3.05) is 22.5 Å². The number of nitrogens with one attached hydrogen (secondary N) is 1. The number of pyridine rings is 2. The second kappa shape index (κ2) is 9.54. The van der Waals surface area contributed by atoms with E-state index >= 15 is 0 Å². The average molecular weight is 495 g/mol. The zero-order chi connectivity index (χ0) is 26.3. The van der Waals surface area contributed by atoms with Crippen LogP contribution in [0.4, 0.5) is 17.5 Å². The number of fused-ring (bicyclic) bond motifs is 1. The average Bonchev–Trinajstić information content (AvgIpc) is 3.35. The van der Waals surface area contributed by atoms with Gasteiger partial charge in [0.2, 0.25) is 0 Å². The molecule has 4 heterocycles. The maximum absolute atomic E-state index is 12.3. The lowest BCUT2D eigenvalue weighted by Crippen LogP contribution is -2.26. The highest BCUT2D eigenvalue weighted by Crippen LogP contribution is 2.41. The topological polar surface area (TPSA) is 126 Å². The molecule has 9 heteroatoms. The number of benzene rings is 1. The second-order valence-electron chi connectivity index (χ2n) is 9.85. The summed E-state index contributed by atoms with van der Waals surface area (Å²) in [5, 5.41) is 14.3. The number of aryl methyl sites for hydroxylation is 2. The van der Waals surface area contributed by atoms with Gasteiger partial charge in [-0.3, -0.25) is 4.79 Å². The number of hydrogen-bond donors (Lipinski definition) is 2. The fourth-order valence-electron chi connectivity index (χ4n) is 5.17. The third-order valence-corrected chi connectivity index (χ3v) is 6.83. The molecular formula is C28H30N8O. The van der Waals surface area contributed by atoms with Gasteiger partial charge in [-0.2, -0.15) is 5.26 Å². The van der Waals surface area contributed by atoms with Crippen LogP contribution in [0, 0.1) is 18.3 Å². The monoisotopic (exact) mass is 494 g/mol. The van der Waals surface area contributed by atoms with Gasteiger partial charge in [-0.05, 0) is 45.7 Å². The lowest BCUT2D eigenvalue weighted by molar-refractivity contribution is 0.706. The molecule has 0 spiro atoms. The van der Waals surface area contributed by atoms with Gasteiger partial charge in [-0.1, -0.05) is 18.2 Å². The molecule has 188 valence electrons. The molecule has 37 heavy (non-hydrogen) atoms. The third kappa shape index (κ3) is 4.35. The van der Waals surface area contributed by atoms with Gasteiger partial charge in [0.15, 0.2) is 5.82 Å². The summed E-state index contributed by atoms with van der Waals surface area (Å²) in [5.74, 6) is 1.55. The number of nitrogen functional groups attached to an aromatic ring is 1. The van der Waals surface area contributed by atoms with Gasteiger partial charge in [0, 0.05) is 53.5 Å². The number of nitriles is 1. The highest BCUT2D eigenvalue weighted by molar-refractivity contribution is 5.95. The largest absolute Gasteiger partial charge is 0.382 e. The predicted octanol–water partition coefficient (Wildman–Crippen LogP) is 4.31. The SMILES string of the molecule is Cc1cc(-c2cccc3cc(C4CCCN4c4ncnc(N)c4C#N)c(NC(C)C)nc23)cn(C)c1=O. The van der Waals surface area contributed by atoms with Gasteiger partial charge in [0.1, 0.15) is 29.6 Å². The third-order valence-electron chi connectivity index (χ3n) is 6.83. The normalized spacial score (nSPS) is 15.4. The fraction of sp³-hybridized carbons (Fsp3) is 0.321. The summed E-state index contributed by atoms with van der Waals surface area (Å²) in [4.78, 5) is 28.0. The van der Waals surface area contributed by atoms with Crippen LogP contribution in [-0.4, -0.2) is 32.1 Å². The molecule has 1 fully saturated rings. The van der Waals surface area contributed by atoms with Crippen molar-refractivity contribution in [3.05, 3.63) is 69.9 Å². The van der Waals surface area contributed by atoms with Gasteiger partial charge < -0.3 is 20.5 Å². The quantitative estimate of drug-likeness (QED) is 0.420. The lowest BCUT2D eigenvalue weighted by Gasteiger charge is -2.29. The molecule has 0 amide bonds. The van der Waals surface area contributed by atoms with Crippen LogP contribution >= 0.6 is 0 Å². The molecule has 0 aliphatic carbocycles. The first-order valence-electron chi connectivity index (χ1n) is 12.4. The molecule has 1 unspecified atom stereocenters. The first-order chi connectivity index (χ1) is 17.8. The minimum absolute atomic E-state index is 0.00943. The van der Waals surface area contributed by atoms with Gasteiger partial charge in [0.25, 0.3) is 5.56 Å². The number of rotatable bonds is 5. The summed E-state index contributed by atoms with van der Waals surface area (Å²) in [6, 6.07) is 12.5. The maximum Gasteiger partial charge on any atom is 0.253 e. The fourth-order valence-corrected chi connectivity index (χ4v) is 5.17. The summed E-state index contributed by atoms with van der Waals surface area (Å²) >= 11 is 0. The predicted molar refractivity (Wildman–Crippen MR) is 146 cm³/mol. The van der Waals surface area contributed by atoms with Crippen molar-refractivity contribution < 1.29 is 0 Å². The molecule has 3 N–H and O–H groups in total.